The number of rotatable bonds is 6. The SMILES string of the molecule is CC(C)CN1C(=O)C(=Cc2cccs2)N=C1SCC(=O)Nc1ccc(Cl)cc1Cl. The van der Waals surface area contributed by atoms with E-state index in [1.165, 1.54) is 11.8 Å². The van der Waals surface area contributed by atoms with E-state index >= 15 is 0 Å². The van der Waals surface area contributed by atoms with Gasteiger partial charge in [-0.1, -0.05) is 54.9 Å². The number of nitrogens with zero attached hydrogens (tertiary/aromatic N) is 2. The Bertz CT molecular complexity index is 972. The highest BCUT2D eigenvalue weighted by atomic mass is 35.5. The molecular formula is C20H19Cl2N3O2S2. The summed E-state index contributed by atoms with van der Waals surface area (Å²) in [6.45, 7) is 4.61. The van der Waals surface area contributed by atoms with Crippen LogP contribution in [0.15, 0.2) is 46.4 Å². The molecule has 0 spiro atoms. The molecule has 0 unspecified atom stereocenters. The first-order valence-corrected chi connectivity index (χ1v) is 11.5. The number of amidine groups is 1. The minimum Gasteiger partial charge on any atom is -0.324 e. The molecule has 3 rings (SSSR count). The highest BCUT2D eigenvalue weighted by Gasteiger charge is 2.31. The van der Waals surface area contributed by atoms with E-state index in [9.17, 15) is 9.59 Å². The molecule has 2 heterocycles. The number of thioether (sulfide) groups is 1. The number of benzene rings is 1. The lowest BCUT2D eigenvalue weighted by atomic mass is 10.2. The van der Waals surface area contributed by atoms with E-state index in [1.807, 2.05) is 31.4 Å². The summed E-state index contributed by atoms with van der Waals surface area (Å²) < 4.78 is 0. The number of hydrogen-bond acceptors (Lipinski definition) is 5. The van der Waals surface area contributed by atoms with Crippen LogP contribution >= 0.6 is 46.3 Å². The molecule has 1 aromatic carbocycles. The van der Waals surface area contributed by atoms with Gasteiger partial charge in [-0.15, -0.1) is 11.3 Å². The molecule has 152 valence electrons. The van der Waals surface area contributed by atoms with Gasteiger partial charge >= 0.3 is 0 Å². The summed E-state index contributed by atoms with van der Waals surface area (Å²) >= 11 is 14.7. The van der Waals surface area contributed by atoms with Crippen molar-refractivity contribution in [1.82, 2.24) is 4.90 Å². The maximum Gasteiger partial charge on any atom is 0.278 e. The topological polar surface area (TPSA) is 61.8 Å². The van der Waals surface area contributed by atoms with Crippen molar-refractivity contribution in [2.24, 2.45) is 10.9 Å². The number of nitrogens with one attached hydrogen (secondary N) is 1. The largest absolute Gasteiger partial charge is 0.324 e. The number of thiophene rings is 1. The van der Waals surface area contributed by atoms with Gasteiger partial charge in [-0.05, 0) is 41.6 Å². The maximum atomic E-state index is 12.8. The number of halogens is 2. The van der Waals surface area contributed by atoms with Gasteiger partial charge < -0.3 is 5.32 Å². The van der Waals surface area contributed by atoms with E-state index in [-0.39, 0.29) is 23.5 Å². The molecule has 5 nitrogen and oxygen atoms in total. The van der Waals surface area contributed by atoms with Gasteiger partial charge in [0.1, 0.15) is 5.70 Å². The Kier molecular flexibility index (Phi) is 7.40. The lowest BCUT2D eigenvalue weighted by Gasteiger charge is -2.19. The second-order valence-corrected chi connectivity index (χ2v) is 9.48. The Morgan fingerprint density at radius 3 is 2.79 bits per heavy atom. The van der Waals surface area contributed by atoms with E-state index in [2.05, 4.69) is 10.3 Å². The molecular weight excluding hydrogens is 449 g/mol. The zero-order valence-corrected chi connectivity index (χ0v) is 19.0. The molecule has 1 N–H and O–H groups in total. The summed E-state index contributed by atoms with van der Waals surface area (Å²) in [6.07, 6.45) is 1.78. The van der Waals surface area contributed by atoms with E-state index < -0.39 is 0 Å². The first kappa shape index (κ1) is 21.9. The molecule has 0 saturated carbocycles. The monoisotopic (exact) mass is 467 g/mol. The Labute approximate surface area is 187 Å². The zero-order chi connectivity index (χ0) is 21.0. The first-order valence-electron chi connectivity index (χ1n) is 8.87. The smallest absolute Gasteiger partial charge is 0.278 e. The molecule has 0 radical (unpaired) electrons. The van der Waals surface area contributed by atoms with Gasteiger partial charge in [0, 0.05) is 16.4 Å². The number of anilines is 1. The summed E-state index contributed by atoms with van der Waals surface area (Å²) in [5.74, 6) is -0.00998. The van der Waals surface area contributed by atoms with Gasteiger partial charge in [-0.25, -0.2) is 4.99 Å². The Morgan fingerprint density at radius 2 is 2.14 bits per heavy atom. The van der Waals surface area contributed by atoms with Crippen molar-refractivity contribution in [1.29, 1.82) is 0 Å². The van der Waals surface area contributed by atoms with E-state index in [4.69, 9.17) is 23.2 Å². The molecule has 0 atom stereocenters. The second kappa shape index (κ2) is 9.80. The van der Waals surface area contributed by atoms with Crippen LogP contribution < -0.4 is 5.32 Å². The van der Waals surface area contributed by atoms with Crippen LogP contribution in [0.4, 0.5) is 5.69 Å². The van der Waals surface area contributed by atoms with Crippen molar-refractivity contribution >= 4 is 75.0 Å². The van der Waals surface area contributed by atoms with E-state index in [1.54, 1.807) is 40.5 Å². The fourth-order valence-corrected chi connectivity index (χ4v) is 4.50. The quantitative estimate of drug-likeness (QED) is 0.560. The minimum absolute atomic E-state index is 0.103. The summed E-state index contributed by atoms with van der Waals surface area (Å²) in [4.78, 5) is 32.2. The number of hydrogen-bond donors (Lipinski definition) is 1. The van der Waals surface area contributed by atoms with Gasteiger partial charge in [0.05, 0.1) is 16.5 Å². The van der Waals surface area contributed by atoms with Gasteiger partial charge in [-0.2, -0.15) is 0 Å². The van der Waals surface area contributed by atoms with Crippen LogP contribution in [0, 0.1) is 5.92 Å². The van der Waals surface area contributed by atoms with Crippen LogP contribution in [0.2, 0.25) is 10.0 Å². The molecule has 0 aliphatic carbocycles. The molecule has 0 saturated heterocycles. The number of amides is 2. The van der Waals surface area contributed by atoms with Crippen LogP contribution in [-0.2, 0) is 9.59 Å². The summed E-state index contributed by atoms with van der Waals surface area (Å²) in [7, 11) is 0. The van der Waals surface area contributed by atoms with Crippen molar-refractivity contribution in [2.45, 2.75) is 13.8 Å². The van der Waals surface area contributed by atoms with Gasteiger partial charge in [0.25, 0.3) is 5.91 Å². The summed E-state index contributed by atoms with van der Waals surface area (Å²) in [6, 6.07) is 8.73. The Balaban J connectivity index is 1.70. The zero-order valence-electron chi connectivity index (χ0n) is 15.8. The predicted octanol–water partition coefficient (Wildman–Crippen LogP) is 5.62. The molecule has 1 aliphatic heterocycles. The summed E-state index contributed by atoms with van der Waals surface area (Å²) in [5, 5.41) is 6.10. The van der Waals surface area contributed by atoms with Crippen LogP contribution in [0.25, 0.3) is 6.08 Å². The summed E-state index contributed by atoms with van der Waals surface area (Å²) in [5.41, 5.74) is 0.875. The van der Waals surface area contributed by atoms with E-state index in [0.29, 0.717) is 33.1 Å². The number of aliphatic imine (C=N–C) groups is 1. The highest BCUT2D eigenvalue weighted by Crippen LogP contribution is 2.28. The lowest BCUT2D eigenvalue weighted by Crippen LogP contribution is -2.34. The lowest BCUT2D eigenvalue weighted by molar-refractivity contribution is -0.122. The average molecular weight is 468 g/mol. The fourth-order valence-electron chi connectivity index (χ4n) is 2.58. The third-order valence-corrected chi connectivity index (χ3v) is 6.16. The maximum absolute atomic E-state index is 12.8. The molecule has 9 heteroatoms. The average Bonchev–Trinajstić information content (AvgIpc) is 3.26. The van der Waals surface area contributed by atoms with Crippen molar-refractivity contribution in [2.75, 3.05) is 17.6 Å². The highest BCUT2D eigenvalue weighted by molar-refractivity contribution is 8.14. The molecule has 0 fully saturated rings. The normalized spacial score (nSPS) is 15.3. The van der Waals surface area contributed by atoms with Crippen LogP contribution in [0.1, 0.15) is 18.7 Å². The molecule has 0 bridgehead atoms. The third-order valence-electron chi connectivity index (χ3n) is 3.82. The Morgan fingerprint density at radius 1 is 1.34 bits per heavy atom. The van der Waals surface area contributed by atoms with E-state index in [0.717, 1.165) is 4.88 Å². The number of carbonyl (C=O) groups is 2. The van der Waals surface area contributed by atoms with Crippen molar-refractivity contribution < 1.29 is 9.59 Å². The standard InChI is InChI=1S/C20H19Cl2N3O2S2/c1-12(2)10-25-19(27)17(9-14-4-3-7-28-14)24-20(25)29-11-18(26)23-16-6-5-13(21)8-15(16)22/h3-9,12H,10-11H2,1-2H3,(H,23,26). The predicted molar refractivity (Wildman–Crippen MR) is 124 cm³/mol. The van der Waals surface area contributed by atoms with Crippen molar-refractivity contribution in [3.05, 3.63) is 56.3 Å². The molecule has 2 amide bonds. The van der Waals surface area contributed by atoms with Gasteiger partial charge in [0.2, 0.25) is 5.91 Å². The van der Waals surface area contributed by atoms with Gasteiger partial charge in [-0.3, -0.25) is 14.5 Å². The van der Waals surface area contributed by atoms with Crippen molar-refractivity contribution in [3.63, 3.8) is 0 Å². The minimum atomic E-state index is -0.241. The molecule has 2 aromatic rings. The van der Waals surface area contributed by atoms with Crippen LogP contribution in [0.3, 0.4) is 0 Å². The van der Waals surface area contributed by atoms with Gasteiger partial charge in [0.15, 0.2) is 5.17 Å². The second-order valence-electron chi connectivity index (χ2n) is 6.71. The first-order chi connectivity index (χ1) is 13.8. The fraction of sp³-hybridized carbons (Fsp3) is 0.250. The molecule has 1 aromatic heterocycles. The van der Waals surface area contributed by atoms with Crippen LogP contribution in [0.5, 0.6) is 0 Å². The number of carbonyl (C=O) groups excluding carboxylic acids is 2. The van der Waals surface area contributed by atoms with Crippen molar-refractivity contribution in [3.8, 4) is 0 Å². The molecule has 29 heavy (non-hydrogen) atoms. The Hall–Kier alpha value is -1.80. The molecule has 1 aliphatic rings. The van der Waals surface area contributed by atoms with Crippen LogP contribution in [-0.4, -0.2) is 34.2 Å². The third kappa shape index (κ3) is 5.85.